The second-order valence-electron chi connectivity index (χ2n) is 6.90. The number of amides is 1. The molecule has 3 aromatic rings. The second kappa shape index (κ2) is 10.9. The molecule has 0 fully saturated rings. The van der Waals surface area contributed by atoms with Crippen LogP contribution < -0.4 is 20.7 Å². The van der Waals surface area contributed by atoms with Gasteiger partial charge in [0.25, 0.3) is 5.91 Å². The minimum atomic E-state index is -2.89. The number of hydrogen-bond acceptors (Lipinski definition) is 4. The zero-order valence-corrected chi connectivity index (χ0v) is 17.7. The van der Waals surface area contributed by atoms with Crippen molar-refractivity contribution < 1.29 is 22.7 Å². The molecule has 1 heterocycles. The number of carbonyl (C=O) groups excluding carboxylic acids is 1. The normalized spacial score (nSPS) is 11.3. The molecule has 9 heteroatoms. The number of hydrogen-bond donors (Lipinski definition) is 3. The molecule has 3 N–H and O–H groups in total. The smallest absolute Gasteiger partial charge is 0.387 e. The highest BCUT2D eigenvalue weighted by molar-refractivity contribution is 6.02. The summed E-state index contributed by atoms with van der Waals surface area (Å²) >= 11 is 0. The quantitative estimate of drug-likeness (QED) is 0.358. The summed E-state index contributed by atoms with van der Waals surface area (Å²) in [7, 11) is 1.62. The highest BCUT2D eigenvalue weighted by Gasteiger charge is 2.11. The Balaban J connectivity index is 1.52. The largest absolute Gasteiger partial charge is 0.459 e. The lowest BCUT2D eigenvalue weighted by atomic mass is 10.1. The predicted molar refractivity (Wildman–Crippen MR) is 118 cm³/mol. The molecule has 0 spiro atoms. The van der Waals surface area contributed by atoms with Crippen LogP contribution in [0.2, 0.25) is 0 Å². The van der Waals surface area contributed by atoms with Crippen molar-refractivity contribution in [3.05, 3.63) is 83.3 Å². The molecule has 0 atom stereocenters. The first kappa shape index (κ1) is 22.8. The maximum Gasteiger partial charge on any atom is 0.387 e. The number of carbonyl (C=O) groups is 1. The number of aryl methyl sites for hydroxylation is 1. The van der Waals surface area contributed by atoms with Crippen molar-refractivity contribution in [2.45, 2.75) is 26.6 Å². The Morgan fingerprint density at radius 1 is 1.09 bits per heavy atom. The summed E-state index contributed by atoms with van der Waals surface area (Å²) in [5.41, 5.74) is 3.14. The van der Waals surface area contributed by atoms with Crippen molar-refractivity contribution in [2.24, 2.45) is 4.99 Å². The molecule has 0 saturated carbocycles. The van der Waals surface area contributed by atoms with Crippen LogP contribution in [0.1, 0.15) is 27.2 Å². The van der Waals surface area contributed by atoms with Crippen molar-refractivity contribution in [1.82, 2.24) is 10.6 Å². The number of furan rings is 1. The van der Waals surface area contributed by atoms with Crippen LogP contribution >= 0.6 is 0 Å². The van der Waals surface area contributed by atoms with E-state index in [-0.39, 0.29) is 24.0 Å². The summed E-state index contributed by atoms with van der Waals surface area (Å²) in [6.45, 7) is -0.272. The number of benzene rings is 2. The molecule has 2 aromatic carbocycles. The number of rotatable bonds is 8. The van der Waals surface area contributed by atoms with E-state index in [4.69, 9.17) is 4.42 Å². The van der Waals surface area contributed by atoms with E-state index in [1.165, 1.54) is 12.3 Å². The number of nitrogens with one attached hydrogen (secondary N) is 3. The van der Waals surface area contributed by atoms with Gasteiger partial charge in [-0.3, -0.25) is 9.79 Å². The summed E-state index contributed by atoms with van der Waals surface area (Å²) in [5.74, 6) is 0.545. The van der Waals surface area contributed by atoms with E-state index in [0.717, 1.165) is 11.1 Å². The molecule has 32 heavy (non-hydrogen) atoms. The molecule has 1 aromatic heterocycles. The molecule has 0 aliphatic carbocycles. The van der Waals surface area contributed by atoms with E-state index in [0.29, 0.717) is 23.8 Å². The summed E-state index contributed by atoms with van der Waals surface area (Å²) < 4.78 is 34.9. The van der Waals surface area contributed by atoms with Gasteiger partial charge in [-0.1, -0.05) is 29.8 Å². The fourth-order valence-corrected chi connectivity index (χ4v) is 2.95. The van der Waals surface area contributed by atoms with Gasteiger partial charge in [-0.15, -0.1) is 0 Å². The average molecular weight is 442 g/mol. The molecule has 0 aliphatic rings. The zero-order valence-electron chi connectivity index (χ0n) is 17.7. The average Bonchev–Trinajstić information content (AvgIpc) is 3.31. The number of aliphatic imine (C=N–C) groups is 1. The van der Waals surface area contributed by atoms with Gasteiger partial charge in [-0.25, -0.2) is 0 Å². The number of halogens is 2. The summed E-state index contributed by atoms with van der Waals surface area (Å²) in [6, 6.07) is 15.6. The number of guanidine groups is 1. The van der Waals surface area contributed by atoms with Gasteiger partial charge in [-0.2, -0.15) is 8.78 Å². The van der Waals surface area contributed by atoms with E-state index in [2.05, 4.69) is 25.7 Å². The third-order valence-corrected chi connectivity index (χ3v) is 4.52. The van der Waals surface area contributed by atoms with Gasteiger partial charge in [0.05, 0.1) is 6.26 Å². The molecular weight excluding hydrogens is 418 g/mol. The Bertz CT molecular complexity index is 1050. The standard InChI is InChI=1S/C23H24F2N4O3/c1-15-5-10-19(32-22(24)25)17(12-15)14-28-23(26-2)27-13-16-6-8-18(9-7-16)29-21(30)20-4-3-11-31-20/h3-12,22H,13-14H2,1-2H3,(H,29,30)(H2,26,27,28). The maximum absolute atomic E-state index is 12.6. The molecule has 0 bridgehead atoms. The molecule has 3 rings (SSSR count). The van der Waals surface area contributed by atoms with Crippen LogP contribution in [0.5, 0.6) is 5.75 Å². The number of nitrogens with zero attached hydrogens (tertiary/aromatic N) is 1. The summed E-state index contributed by atoms with van der Waals surface area (Å²) in [5, 5.41) is 9.01. The van der Waals surface area contributed by atoms with E-state index < -0.39 is 6.61 Å². The van der Waals surface area contributed by atoms with Gasteiger partial charge in [-0.05, 0) is 42.8 Å². The van der Waals surface area contributed by atoms with Crippen LogP contribution in [0, 0.1) is 6.92 Å². The van der Waals surface area contributed by atoms with E-state index >= 15 is 0 Å². The van der Waals surface area contributed by atoms with Crippen molar-refractivity contribution in [2.75, 3.05) is 12.4 Å². The van der Waals surface area contributed by atoms with Crippen molar-refractivity contribution in [1.29, 1.82) is 0 Å². The summed E-state index contributed by atoms with van der Waals surface area (Å²) in [6.07, 6.45) is 1.44. The highest BCUT2D eigenvalue weighted by Crippen LogP contribution is 2.22. The lowest BCUT2D eigenvalue weighted by Gasteiger charge is -2.15. The maximum atomic E-state index is 12.6. The third kappa shape index (κ3) is 6.56. The van der Waals surface area contributed by atoms with Crippen LogP contribution in [-0.2, 0) is 13.1 Å². The van der Waals surface area contributed by atoms with Crippen molar-refractivity contribution in [3.8, 4) is 5.75 Å². The van der Waals surface area contributed by atoms with Gasteiger partial charge in [0.1, 0.15) is 5.75 Å². The lowest BCUT2D eigenvalue weighted by Crippen LogP contribution is -2.36. The van der Waals surface area contributed by atoms with Crippen LogP contribution in [0.3, 0.4) is 0 Å². The first-order valence-electron chi connectivity index (χ1n) is 9.87. The molecule has 1 amide bonds. The number of ether oxygens (including phenoxy) is 1. The van der Waals surface area contributed by atoms with Gasteiger partial charge >= 0.3 is 6.61 Å². The van der Waals surface area contributed by atoms with Gasteiger partial charge < -0.3 is 25.1 Å². The number of alkyl halides is 2. The van der Waals surface area contributed by atoms with Gasteiger partial charge in [0, 0.05) is 31.4 Å². The van der Waals surface area contributed by atoms with Crippen molar-refractivity contribution >= 4 is 17.6 Å². The number of anilines is 1. The van der Waals surface area contributed by atoms with Crippen LogP contribution in [-0.4, -0.2) is 25.5 Å². The fraction of sp³-hybridized carbons (Fsp3) is 0.217. The molecule has 0 saturated heterocycles. The van der Waals surface area contributed by atoms with Crippen LogP contribution in [0.4, 0.5) is 14.5 Å². The molecular formula is C23H24F2N4O3. The lowest BCUT2D eigenvalue weighted by molar-refractivity contribution is -0.0504. The van der Waals surface area contributed by atoms with Crippen LogP contribution in [0.15, 0.2) is 70.3 Å². The Morgan fingerprint density at radius 3 is 2.50 bits per heavy atom. The Morgan fingerprint density at radius 2 is 1.84 bits per heavy atom. The van der Waals surface area contributed by atoms with E-state index in [9.17, 15) is 13.6 Å². The SMILES string of the molecule is CN=C(NCc1ccc(NC(=O)c2ccco2)cc1)NCc1cc(C)ccc1OC(F)F. The highest BCUT2D eigenvalue weighted by atomic mass is 19.3. The topological polar surface area (TPSA) is 87.9 Å². The second-order valence-corrected chi connectivity index (χ2v) is 6.90. The summed E-state index contributed by atoms with van der Waals surface area (Å²) in [4.78, 5) is 16.2. The first-order chi connectivity index (χ1) is 15.4. The molecule has 0 radical (unpaired) electrons. The first-order valence-corrected chi connectivity index (χ1v) is 9.87. The molecule has 168 valence electrons. The minimum Gasteiger partial charge on any atom is -0.459 e. The fourth-order valence-electron chi connectivity index (χ4n) is 2.95. The van der Waals surface area contributed by atoms with E-state index in [1.807, 2.05) is 19.1 Å². The van der Waals surface area contributed by atoms with Gasteiger partial charge in [0.2, 0.25) is 0 Å². The third-order valence-electron chi connectivity index (χ3n) is 4.52. The van der Waals surface area contributed by atoms with Crippen molar-refractivity contribution in [3.63, 3.8) is 0 Å². The Hall–Kier alpha value is -3.88. The Labute approximate surface area is 184 Å². The molecule has 0 aliphatic heterocycles. The zero-order chi connectivity index (χ0) is 22.9. The Kier molecular flexibility index (Phi) is 7.80. The molecule has 7 nitrogen and oxygen atoms in total. The van der Waals surface area contributed by atoms with Gasteiger partial charge in [0.15, 0.2) is 11.7 Å². The van der Waals surface area contributed by atoms with Crippen LogP contribution in [0.25, 0.3) is 0 Å². The molecule has 0 unspecified atom stereocenters. The monoisotopic (exact) mass is 442 g/mol. The van der Waals surface area contributed by atoms with E-state index in [1.54, 1.807) is 43.4 Å². The minimum absolute atomic E-state index is 0.126. The predicted octanol–water partition coefficient (Wildman–Crippen LogP) is 4.31.